The molecule has 2 rings (SSSR count). The van der Waals surface area contributed by atoms with E-state index in [1.54, 1.807) is 19.2 Å². The van der Waals surface area contributed by atoms with Gasteiger partial charge in [-0.25, -0.2) is 0 Å². The number of benzene rings is 1. The van der Waals surface area contributed by atoms with Crippen molar-refractivity contribution in [3.63, 3.8) is 0 Å². The molecule has 0 bridgehead atoms. The molecule has 2 unspecified atom stereocenters. The lowest BCUT2D eigenvalue weighted by Crippen LogP contribution is -2.60. The van der Waals surface area contributed by atoms with Gasteiger partial charge in [0.15, 0.2) is 0 Å². The number of carbonyl (C=O) groups excluding carboxylic acids is 1. The van der Waals surface area contributed by atoms with Crippen LogP contribution < -0.4 is 11.1 Å². The molecule has 0 saturated heterocycles. The van der Waals surface area contributed by atoms with E-state index < -0.39 is 5.54 Å². The molecular formula is C14H19ClN2O2. The van der Waals surface area contributed by atoms with Crippen LogP contribution in [0.3, 0.4) is 0 Å². The van der Waals surface area contributed by atoms with Crippen molar-refractivity contribution < 1.29 is 9.53 Å². The molecule has 0 radical (unpaired) electrons. The molecular weight excluding hydrogens is 264 g/mol. The van der Waals surface area contributed by atoms with E-state index in [9.17, 15) is 4.79 Å². The topological polar surface area (TPSA) is 64.3 Å². The zero-order valence-electron chi connectivity index (χ0n) is 11.0. The molecule has 4 nitrogen and oxygen atoms in total. The summed E-state index contributed by atoms with van der Waals surface area (Å²) < 4.78 is 5.47. The molecule has 104 valence electrons. The molecule has 0 heterocycles. The summed E-state index contributed by atoms with van der Waals surface area (Å²) in [7, 11) is 1.62. The van der Waals surface area contributed by atoms with E-state index in [1.165, 1.54) is 0 Å². The molecule has 5 heteroatoms. The third-order valence-corrected chi connectivity index (χ3v) is 4.02. The molecule has 19 heavy (non-hydrogen) atoms. The van der Waals surface area contributed by atoms with Crippen molar-refractivity contribution in [3.8, 4) is 0 Å². The van der Waals surface area contributed by atoms with Crippen LogP contribution in [0.1, 0.15) is 25.7 Å². The SMILES string of the molecule is COC1CCCCC1(Nc1ccc(Cl)cc1)C(N)=O. The summed E-state index contributed by atoms with van der Waals surface area (Å²) in [5.74, 6) is -0.367. The number of halogens is 1. The summed E-state index contributed by atoms with van der Waals surface area (Å²) in [5.41, 5.74) is 5.63. The summed E-state index contributed by atoms with van der Waals surface area (Å²) in [6, 6.07) is 7.25. The van der Waals surface area contributed by atoms with Gasteiger partial charge in [-0.1, -0.05) is 24.4 Å². The summed E-state index contributed by atoms with van der Waals surface area (Å²) in [6.07, 6.45) is 3.33. The Morgan fingerprint density at radius 2 is 2.11 bits per heavy atom. The van der Waals surface area contributed by atoms with Crippen molar-refractivity contribution in [2.24, 2.45) is 5.73 Å². The highest BCUT2D eigenvalue weighted by Gasteiger charge is 2.46. The van der Waals surface area contributed by atoms with E-state index in [0.29, 0.717) is 11.4 Å². The van der Waals surface area contributed by atoms with Gasteiger partial charge in [0.25, 0.3) is 0 Å². The van der Waals surface area contributed by atoms with Crippen molar-refractivity contribution in [1.29, 1.82) is 0 Å². The van der Waals surface area contributed by atoms with Gasteiger partial charge in [-0.05, 0) is 37.1 Å². The third-order valence-electron chi connectivity index (χ3n) is 3.77. The quantitative estimate of drug-likeness (QED) is 0.892. The van der Waals surface area contributed by atoms with Gasteiger partial charge < -0.3 is 15.8 Å². The fourth-order valence-corrected chi connectivity index (χ4v) is 2.86. The van der Waals surface area contributed by atoms with E-state index in [2.05, 4.69) is 5.32 Å². The highest BCUT2D eigenvalue weighted by molar-refractivity contribution is 6.30. The van der Waals surface area contributed by atoms with Gasteiger partial charge in [0.05, 0.1) is 6.10 Å². The first-order valence-corrected chi connectivity index (χ1v) is 6.83. The van der Waals surface area contributed by atoms with Gasteiger partial charge in [-0.3, -0.25) is 4.79 Å². The Morgan fingerprint density at radius 1 is 1.42 bits per heavy atom. The van der Waals surface area contributed by atoms with Gasteiger partial charge in [-0.15, -0.1) is 0 Å². The highest BCUT2D eigenvalue weighted by atomic mass is 35.5. The standard InChI is InChI=1S/C14H19ClN2O2/c1-19-12-4-2-3-9-14(12,13(16)18)17-11-7-5-10(15)6-8-11/h5-8,12,17H,2-4,9H2,1H3,(H2,16,18). The maximum absolute atomic E-state index is 12.0. The Morgan fingerprint density at radius 3 is 2.68 bits per heavy atom. The number of rotatable bonds is 4. The maximum atomic E-state index is 12.0. The number of nitrogens with one attached hydrogen (secondary N) is 1. The number of amides is 1. The number of nitrogens with two attached hydrogens (primary N) is 1. The zero-order chi connectivity index (χ0) is 13.9. The lowest BCUT2D eigenvalue weighted by atomic mass is 9.78. The monoisotopic (exact) mass is 282 g/mol. The van der Waals surface area contributed by atoms with E-state index in [-0.39, 0.29) is 12.0 Å². The minimum atomic E-state index is -0.833. The Hall–Kier alpha value is -1.26. The molecule has 1 amide bonds. The van der Waals surface area contributed by atoms with Crippen molar-refractivity contribution in [1.82, 2.24) is 0 Å². The number of anilines is 1. The smallest absolute Gasteiger partial charge is 0.245 e. The first-order valence-electron chi connectivity index (χ1n) is 6.45. The summed E-state index contributed by atoms with van der Waals surface area (Å²) in [4.78, 5) is 12.0. The molecule has 1 aromatic carbocycles. The second-order valence-corrected chi connectivity index (χ2v) is 5.37. The van der Waals surface area contributed by atoms with Crippen LogP contribution in [0.15, 0.2) is 24.3 Å². The Balaban J connectivity index is 2.28. The number of ether oxygens (including phenoxy) is 1. The van der Waals surface area contributed by atoms with Gasteiger partial charge >= 0.3 is 0 Å². The normalized spacial score (nSPS) is 26.9. The van der Waals surface area contributed by atoms with Gasteiger partial charge in [0.1, 0.15) is 5.54 Å². The number of hydrogen-bond donors (Lipinski definition) is 2. The molecule has 1 saturated carbocycles. The Kier molecular flexibility index (Phi) is 4.32. The fraction of sp³-hybridized carbons (Fsp3) is 0.500. The minimum Gasteiger partial charge on any atom is -0.378 e. The van der Waals surface area contributed by atoms with Crippen LogP contribution in [0.4, 0.5) is 5.69 Å². The van der Waals surface area contributed by atoms with Gasteiger partial charge in [0, 0.05) is 17.8 Å². The van der Waals surface area contributed by atoms with Crippen LogP contribution >= 0.6 is 11.6 Å². The second kappa shape index (κ2) is 5.80. The van der Waals surface area contributed by atoms with E-state index in [4.69, 9.17) is 22.1 Å². The van der Waals surface area contributed by atoms with Gasteiger partial charge in [0.2, 0.25) is 5.91 Å². The van der Waals surface area contributed by atoms with Crippen LogP contribution in [-0.2, 0) is 9.53 Å². The Bertz CT molecular complexity index is 449. The molecule has 1 aliphatic carbocycles. The van der Waals surface area contributed by atoms with Crippen molar-refractivity contribution in [2.75, 3.05) is 12.4 Å². The van der Waals surface area contributed by atoms with Gasteiger partial charge in [-0.2, -0.15) is 0 Å². The predicted octanol–water partition coefficient (Wildman–Crippen LogP) is 2.56. The van der Waals surface area contributed by atoms with Crippen LogP contribution in [0.5, 0.6) is 0 Å². The third kappa shape index (κ3) is 2.85. The largest absolute Gasteiger partial charge is 0.378 e. The minimum absolute atomic E-state index is 0.200. The number of methoxy groups -OCH3 is 1. The average molecular weight is 283 g/mol. The first kappa shape index (κ1) is 14.2. The summed E-state index contributed by atoms with van der Waals surface area (Å²) in [5, 5.41) is 3.92. The van der Waals surface area contributed by atoms with E-state index in [1.807, 2.05) is 12.1 Å². The lowest BCUT2D eigenvalue weighted by Gasteiger charge is -2.42. The Labute approximate surface area is 118 Å². The number of hydrogen-bond acceptors (Lipinski definition) is 3. The second-order valence-electron chi connectivity index (χ2n) is 4.94. The molecule has 1 aliphatic rings. The first-order chi connectivity index (χ1) is 9.08. The van der Waals surface area contributed by atoms with E-state index in [0.717, 1.165) is 24.9 Å². The van der Waals surface area contributed by atoms with Crippen molar-refractivity contribution in [3.05, 3.63) is 29.3 Å². The molecule has 1 aromatic rings. The van der Waals surface area contributed by atoms with Crippen LogP contribution in [0, 0.1) is 0 Å². The van der Waals surface area contributed by atoms with Crippen LogP contribution in [-0.4, -0.2) is 24.7 Å². The number of primary amides is 1. The lowest BCUT2D eigenvalue weighted by molar-refractivity contribution is -0.129. The molecule has 0 aromatic heterocycles. The summed E-state index contributed by atoms with van der Waals surface area (Å²) >= 11 is 5.86. The van der Waals surface area contributed by atoms with Crippen LogP contribution in [0.25, 0.3) is 0 Å². The van der Waals surface area contributed by atoms with Crippen LogP contribution in [0.2, 0.25) is 5.02 Å². The zero-order valence-corrected chi connectivity index (χ0v) is 11.7. The van der Waals surface area contributed by atoms with Crippen molar-refractivity contribution >= 4 is 23.2 Å². The highest BCUT2D eigenvalue weighted by Crippen LogP contribution is 2.34. The molecule has 2 atom stereocenters. The maximum Gasteiger partial charge on any atom is 0.245 e. The average Bonchev–Trinajstić information content (AvgIpc) is 2.41. The number of carbonyl (C=O) groups is 1. The summed E-state index contributed by atoms with van der Waals surface area (Å²) in [6.45, 7) is 0. The predicted molar refractivity (Wildman–Crippen MR) is 76.3 cm³/mol. The molecule has 1 fully saturated rings. The molecule has 0 spiro atoms. The van der Waals surface area contributed by atoms with Crippen molar-refractivity contribution in [2.45, 2.75) is 37.3 Å². The van der Waals surface area contributed by atoms with E-state index >= 15 is 0 Å². The fourth-order valence-electron chi connectivity index (χ4n) is 2.74. The molecule has 3 N–H and O–H groups in total. The molecule has 0 aliphatic heterocycles.